The highest BCUT2D eigenvalue weighted by Crippen LogP contribution is 2.29. The van der Waals surface area contributed by atoms with E-state index in [0.29, 0.717) is 5.69 Å². The predicted molar refractivity (Wildman–Crippen MR) is 77.9 cm³/mol. The Bertz CT molecular complexity index is 668. The zero-order chi connectivity index (χ0) is 14.0. The van der Waals surface area contributed by atoms with Crippen molar-refractivity contribution < 1.29 is 8.42 Å². The van der Waals surface area contributed by atoms with Gasteiger partial charge in [0.2, 0.25) is 0 Å². The monoisotopic (exact) mass is 344 g/mol. The summed E-state index contributed by atoms with van der Waals surface area (Å²) < 4.78 is 27.6. The molecule has 1 heterocycles. The zero-order valence-corrected chi connectivity index (χ0v) is 12.8. The maximum Gasteiger partial charge on any atom is 0.279 e. The van der Waals surface area contributed by atoms with Crippen molar-refractivity contribution in [2.45, 2.75) is 5.03 Å². The summed E-state index contributed by atoms with van der Waals surface area (Å²) >= 11 is 3.33. The molecular weight excluding hydrogens is 332 g/mol. The molecule has 2 N–H and O–H groups in total. The predicted octanol–water partition coefficient (Wildman–Crippen LogP) is 2.04. The van der Waals surface area contributed by atoms with E-state index in [1.54, 1.807) is 6.07 Å². The number of hydrogen-bond donors (Lipinski definition) is 2. The molecule has 0 unspecified atom stereocenters. The number of imidazole rings is 1. The summed E-state index contributed by atoms with van der Waals surface area (Å²) in [7, 11) is 0.0306. The van der Waals surface area contributed by atoms with Gasteiger partial charge in [0.05, 0.1) is 23.9 Å². The minimum atomic E-state index is -3.66. The van der Waals surface area contributed by atoms with Gasteiger partial charge < -0.3 is 9.88 Å². The molecule has 19 heavy (non-hydrogen) atoms. The van der Waals surface area contributed by atoms with Crippen LogP contribution in [0.2, 0.25) is 0 Å². The van der Waals surface area contributed by atoms with Gasteiger partial charge in [-0.1, -0.05) is 15.9 Å². The van der Waals surface area contributed by atoms with Crippen molar-refractivity contribution in [3.8, 4) is 0 Å². The Balaban J connectivity index is 2.41. The van der Waals surface area contributed by atoms with Gasteiger partial charge in [0.25, 0.3) is 10.0 Å². The molecular formula is C11H13BrN4O2S. The number of rotatable bonds is 4. The SMILES string of the molecule is CN(C)c1ccc(Br)cc1NS(=O)(=O)c1cnc[nH]1. The van der Waals surface area contributed by atoms with Crippen LogP contribution in [0.15, 0.2) is 40.2 Å². The van der Waals surface area contributed by atoms with Crippen molar-refractivity contribution in [2.24, 2.45) is 0 Å². The number of hydrogen-bond acceptors (Lipinski definition) is 4. The number of aromatic nitrogens is 2. The third kappa shape index (κ3) is 3.07. The molecule has 0 aliphatic rings. The summed E-state index contributed by atoms with van der Waals surface area (Å²) in [5, 5.41) is 0.0252. The second kappa shape index (κ2) is 5.22. The van der Waals surface area contributed by atoms with Crippen LogP contribution in [0.5, 0.6) is 0 Å². The minimum Gasteiger partial charge on any atom is -0.376 e. The average molecular weight is 345 g/mol. The highest BCUT2D eigenvalue weighted by atomic mass is 79.9. The molecule has 1 aromatic heterocycles. The second-order valence-electron chi connectivity index (χ2n) is 4.08. The summed E-state index contributed by atoms with van der Waals surface area (Å²) in [6.45, 7) is 0. The highest BCUT2D eigenvalue weighted by Gasteiger charge is 2.18. The molecule has 0 aliphatic heterocycles. The Morgan fingerprint density at radius 2 is 2.11 bits per heavy atom. The number of aromatic amines is 1. The number of sulfonamides is 1. The van der Waals surface area contributed by atoms with E-state index in [1.165, 1.54) is 12.5 Å². The summed E-state index contributed by atoms with van der Waals surface area (Å²) in [6.07, 6.45) is 2.58. The summed E-state index contributed by atoms with van der Waals surface area (Å²) in [6, 6.07) is 5.39. The first-order valence-corrected chi connectivity index (χ1v) is 7.66. The first-order valence-electron chi connectivity index (χ1n) is 5.38. The van der Waals surface area contributed by atoms with Crippen LogP contribution in [0, 0.1) is 0 Å². The molecule has 2 aromatic rings. The fraction of sp³-hybridized carbons (Fsp3) is 0.182. The molecule has 6 nitrogen and oxygen atoms in total. The molecule has 0 amide bonds. The highest BCUT2D eigenvalue weighted by molar-refractivity contribution is 9.10. The van der Waals surface area contributed by atoms with Gasteiger partial charge in [0.1, 0.15) is 0 Å². The van der Waals surface area contributed by atoms with E-state index in [-0.39, 0.29) is 5.03 Å². The van der Waals surface area contributed by atoms with Crippen molar-refractivity contribution in [3.63, 3.8) is 0 Å². The van der Waals surface area contributed by atoms with Gasteiger partial charge in [0.15, 0.2) is 5.03 Å². The third-order valence-corrected chi connectivity index (χ3v) is 4.23. The Labute approximate surface area is 120 Å². The van der Waals surface area contributed by atoms with Crippen LogP contribution in [0.25, 0.3) is 0 Å². The van der Waals surface area contributed by atoms with E-state index in [1.807, 2.05) is 31.1 Å². The lowest BCUT2D eigenvalue weighted by Gasteiger charge is -2.18. The van der Waals surface area contributed by atoms with Crippen molar-refractivity contribution in [1.29, 1.82) is 0 Å². The van der Waals surface area contributed by atoms with Gasteiger partial charge >= 0.3 is 0 Å². The minimum absolute atomic E-state index is 0.0252. The standard InChI is InChI=1S/C11H13BrN4O2S/c1-16(2)10-4-3-8(12)5-9(10)15-19(17,18)11-6-13-7-14-11/h3-7,15H,1-2H3,(H,13,14). The van der Waals surface area contributed by atoms with Crippen LogP contribution in [-0.2, 0) is 10.0 Å². The molecule has 1 aromatic carbocycles. The first kappa shape index (κ1) is 13.9. The lowest BCUT2D eigenvalue weighted by Crippen LogP contribution is -2.17. The van der Waals surface area contributed by atoms with Crippen molar-refractivity contribution in [1.82, 2.24) is 9.97 Å². The fourth-order valence-corrected chi connectivity index (χ4v) is 2.90. The van der Waals surface area contributed by atoms with E-state index in [2.05, 4.69) is 30.6 Å². The van der Waals surface area contributed by atoms with E-state index in [0.717, 1.165) is 10.2 Å². The lowest BCUT2D eigenvalue weighted by molar-refractivity contribution is 0.598. The van der Waals surface area contributed by atoms with E-state index in [9.17, 15) is 8.42 Å². The van der Waals surface area contributed by atoms with Crippen LogP contribution in [0.1, 0.15) is 0 Å². The van der Waals surface area contributed by atoms with Crippen LogP contribution in [-0.4, -0.2) is 32.5 Å². The van der Waals surface area contributed by atoms with Crippen LogP contribution < -0.4 is 9.62 Å². The van der Waals surface area contributed by atoms with Gasteiger partial charge in [-0.05, 0) is 18.2 Å². The Morgan fingerprint density at radius 3 is 2.68 bits per heavy atom. The number of H-pyrrole nitrogens is 1. The van der Waals surface area contributed by atoms with Gasteiger partial charge in [-0.15, -0.1) is 0 Å². The molecule has 0 saturated carbocycles. The van der Waals surface area contributed by atoms with Crippen LogP contribution >= 0.6 is 15.9 Å². The molecule has 0 radical (unpaired) electrons. The summed E-state index contributed by atoms with van der Waals surface area (Å²) in [5.74, 6) is 0. The fourth-order valence-electron chi connectivity index (χ4n) is 1.57. The smallest absolute Gasteiger partial charge is 0.279 e. The van der Waals surface area contributed by atoms with Crippen LogP contribution in [0.4, 0.5) is 11.4 Å². The van der Waals surface area contributed by atoms with Crippen molar-refractivity contribution >= 4 is 37.3 Å². The normalized spacial score (nSPS) is 11.3. The van der Waals surface area contributed by atoms with Gasteiger partial charge in [0, 0.05) is 18.6 Å². The molecule has 0 bridgehead atoms. The maximum atomic E-state index is 12.1. The number of anilines is 2. The Hall–Kier alpha value is -1.54. The lowest BCUT2D eigenvalue weighted by atomic mass is 10.2. The molecule has 0 saturated heterocycles. The Kier molecular flexibility index (Phi) is 3.81. The number of halogens is 1. The average Bonchev–Trinajstić information content (AvgIpc) is 2.81. The largest absolute Gasteiger partial charge is 0.376 e. The van der Waals surface area contributed by atoms with E-state index >= 15 is 0 Å². The molecule has 8 heteroatoms. The van der Waals surface area contributed by atoms with Crippen molar-refractivity contribution in [2.75, 3.05) is 23.7 Å². The topological polar surface area (TPSA) is 78.1 Å². The third-order valence-electron chi connectivity index (χ3n) is 2.45. The van der Waals surface area contributed by atoms with Crippen LogP contribution in [0.3, 0.4) is 0 Å². The van der Waals surface area contributed by atoms with Gasteiger partial charge in [-0.3, -0.25) is 4.72 Å². The molecule has 0 fully saturated rings. The quantitative estimate of drug-likeness (QED) is 0.889. The van der Waals surface area contributed by atoms with Gasteiger partial charge in [-0.2, -0.15) is 8.42 Å². The Morgan fingerprint density at radius 1 is 1.37 bits per heavy atom. The zero-order valence-electron chi connectivity index (χ0n) is 10.4. The molecule has 2 rings (SSSR count). The van der Waals surface area contributed by atoms with Gasteiger partial charge in [-0.25, -0.2) is 4.98 Å². The van der Waals surface area contributed by atoms with E-state index < -0.39 is 10.0 Å². The molecule has 0 aliphatic carbocycles. The number of nitrogens with one attached hydrogen (secondary N) is 2. The first-order chi connectivity index (χ1) is 8.90. The summed E-state index contributed by atoms with van der Waals surface area (Å²) in [4.78, 5) is 8.12. The molecule has 0 atom stereocenters. The van der Waals surface area contributed by atoms with Crippen molar-refractivity contribution in [3.05, 3.63) is 35.2 Å². The maximum absolute atomic E-state index is 12.1. The summed E-state index contributed by atoms with van der Waals surface area (Å²) in [5.41, 5.74) is 1.26. The number of benzene rings is 1. The number of nitrogens with zero attached hydrogens (tertiary/aromatic N) is 2. The second-order valence-corrected chi connectivity index (χ2v) is 6.64. The molecule has 102 valence electrons. The molecule has 0 spiro atoms. The van der Waals surface area contributed by atoms with E-state index in [4.69, 9.17) is 0 Å².